The van der Waals surface area contributed by atoms with Gasteiger partial charge < -0.3 is 15.4 Å². The highest BCUT2D eigenvalue weighted by molar-refractivity contribution is 5.89. The fourth-order valence-corrected chi connectivity index (χ4v) is 1.11. The van der Waals surface area contributed by atoms with E-state index in [2.05, 4.69) is 17.2 Å². The van der Waals surface area contributed by atoms with Gasteiger partial charge in [-0.3, -0.25) is 0 Å². The molecule has 86 valence electrons. The van der Waals surface area contributed by atoms with Crippen molar-refractivity contribution in [2.75, 3.05) is 19.0 Å². The van der Waals surface area contributed by atoms with Gasteiger partial charge in [0.1, 0.15) is 5.75 Å². The van der Waals surface area contributed by atoms with Crippen molar-refractivity contribution in [3.05, 3.63) is 36.4 Å². The Bertz CT molecular complexity index is 388. The lowest BCUT2D eigenvalue weighted by Crippen LogP contribution is -2.29. The van der Waals surface area contributed by atoms with E-state index in [0.717, 1.165) is 5.57 Å². The van der Waals surface area contributed by atoms with E-state index in [-0.39, 0.29) is 6.03 Å². The van der Waals surface area contributed by atoms with E-state index in [0.29, 0.717) is 18.0 Å². The molecule has 0 heterocycles. The van der Waals surface area contributed by atoms with Crippen LogP contribution in [0, 0.1) is 0 Å². The van der Waals surface area contributed by atoms with Crippen molar-refractivity contribution < 1.29 is 9.53 Å². The van der Waals surface area contributed by atoms with Gasteiger partial charge in [-0.1, -0.05) is 18.2 Å². The van der Waals surface area contributed by atoms with E-state index in [1.807, 2.05) is 19.1 Å². The van der Waals surface area contributed by atoms with E-state index in [4.69, 9.17) is 4.74 Å². The number of hydrogen-bond donors (Lipinski definition) is 2. The molecule has 0 atom stereocenters. The molecule has 2 amide bonds. The molecule has 1 aromatic carbocycles. The number of ether oxygens (including phenoxy) is 1. The monoisotopic (exact) mass is 220 g/mol. The SMILES string of the molecule is C=C(C)CNC(=O)Nc1cccc(OC)c1. The zero-order valence-corrected chi connectivity index (χ0v) is 9.54. The number of amides is 2. The Morgan fingerprint density at radius 3 is 2.88 bits per heavy atom. The predicted molar refractivity (Wildman–Crippen MR) is 64.8 cm³/mol. The normalized spacial score (nSPS) is 9.38. The fourth-order valence-electron chi connectivity index (χ4n) is 1.11. The summed E-state index contributed by atoms with van der Waals surface area (Å²) in [5.41, 5.74) is 1.60. The summed E-state index contributed by atoms with van der Waals surface area (Å²) in [6.45, 7) is 6.02. The second-order valence-corrected chi connectivity index (χ2v) is 3.50. The molecule has 0 aromatic heterocycles. The van der Waals surface area contributed by atoms with Crippen molar-refractivity contribution in [1.29, 1.82) is 0 Å². The largest absolute Gasteiger partial charge is 0.497 e. The quantitative estimate of drug-likeness (QED) is 0.765. The zero-order valence-electron chi connectivity index (χ0n) is 9.54. The van der Waals surface area contributed by atoms with Crippen molar-refractivity contribution in [3.8, 4) is 5.75 Å². The number of urea groups is 1. The van der Waals surface area contributed by atoms with Gasteiger partial charge >= 0.3 is 6.03 Å². The van der Waals surface area contributed by atoms with Gasteiger partial charge in [-0.15, -0.1) is 0 Å². The van der Waals surface area contributed by atoms with Gasteiger partial charge in [0.15, 0.2) is 0 Å². The third-order valence-corrected chi connectivity index (χ3v) is 1.88. The van der Waals surface area contributed by atoms with E-state index < -0.39 is 0 Å². The molecule has 0 bridgehead atoms. The molecule has 0 saturated heterocycles. The van der Waals surface area contributed by atoms with Gasteiger partial charge in [0, 0.05) is 18.3 Å². The summed E-state index contributed by atoms with van der Waals surface area (Å²) in [4.78, 5) is 11.4. The summed E-state index contributed by atoms with van der Waals surface area (Å²) < 4.78 is 5.05. The standard InChI is InChI=1S/C12H16N2O2/c1-9(2)8-13-12(15)14-10-5-4-6-11(7-10)16-3/h4-7H,1,8H2,2-3H3,(H2,13,14,15). The third kappa shape index (κ3) is 4.04. The van der Waals surface area contributed by atoms with Crippen molar-refractivity contribution in [3.63, 3.8) is 0 Å². The molecular formula is C12H16N2O2. The molecule has 0 spiro atoms. The van der Waals surface area contributed by atoms with Crippen LogP contribution in [0.1, 0.15) is 6.92 Å². The Morgan fingerprint density at radius 2 is 2.25 bits per heavy atom. The van der Waals surface area contributed by atoms with Crippen LogP contribution < -0.4 is 15.4 Å². The van der Waals surface area contributed by atoms with Crippen LogP contribution in [0.15, 0.2) is 36.4 Å². The van der Waals surface area contributed by atoms with Crippen LogP contribution in [0.25, 0.3) is 0 Å². The second-order valence-electron chi connectivity index (χ2n) is 3.50. The summed E-state index contributed by atoms with van der Waals surface area (Å²) in [7, 11) is 1.58. The number of carbonyl (C=O) groups is 1. The number of carbonyl (C=O) groups excluding carboxylic acids is 1. The lowest BCUT2D eigenvalue weighted by molar-refractivity contribution is 0.253. The summed E-state index contributed by atoms with van der Waals surface area (Å²) >= 11 is 0. The minimum absolute atomic E-state index is 0.253. The molecule has 4 heteroatoms. The molecule has 0 fully saturated rings. The smallest absolute Gasteiger partial charge is 0.319 e. The number of methoxy groups -OCH3 is 1. The highest BCUT2D eigenvalue weighted by Gasteiger charge is 2.01. The molecule has 0 aliphatic heterocycles. The molecule has 1 aromatic rings. The minimum Gasteiger partial charge on any atom is -0.497 e. The van der Waals surface area contributed by atoms with Crippen LogP contribution in [0.5, 0.6) is 5.75 Å². The molecule has 0 saturated carbocycles. The fraction of sp³-hybridized carbons (Fsp3) is 0.250. The van der Waals surface area contributed by atoms with Crippen molar-refractivity contribution in [2.45, 2.75) is 6.92 Å². The molecule has 2 N–H and O–H groups in total. The molecule has 0 radical (unpaired) electrons. The van der Waals surface area contributed by atoms with Crippen LogP contribution in [0.3, 0.4) is 0 Å². The number of nitrogens with one attached hydrogen (secondary N) is 2. The van der Waals surface area contributed by atoms with Crippen LogP contribution in [0.4, 0.5) is 10.5 Å². The highest BCUT2D eigenvalue weighted by atomic mass is 16.5. The first-order valence-corrected chi connectivity index (χ1v) is 4.95. The maximum absolute atomic E-state index is 11.4. The Balaban J connectivity index is 2.52. The number of hydrogen-bond acceptors (Lipinski definition) is 2. The molecule has 16 heavy (non-hydrogen) atoms. The molecule has 0 aliphatic rings. The second kappa shape index (κ2) is 5.80. The lowest BCUT2D eigenvalue weighted by atomic mass is 10.3. The molecular weight excluding hydrogens is 204 g/mol. The predicted octanol–water partition coefficient (Wildman–Crippen LogP) is 2.39. The Kier molecular flexibility index (Phi) is 4.39. The Morgan fingerprint density at radius 1 is 1.50 bits per heavy atom. The van der Waals surface area contributed by atoms with Gasteiger partial charge in [-0.25, -0.2) is 4.79 Å². The number of benzene rings is 1. The molecule has 0 unspecified atom stereocenters. The number of anilines is 1. The average Bonchev–Trinajstić information content (AvgIpc) is 2.26. The van der Waals surface area contributed by atoms with Crippen LogP contribution in [0.2, 0.25) is 0 Å². The first kappa shape index (κ1) is 12.1. The van der Waals surface area contributed by atoms with Gasteiger partial charge in [0.25, 0.3) is 0 Å². The van der Waals surface area contributed by atoms with Crippen LogP contribution >= 0.6 is 0 Å². The van der Waals surface area contributed by atoms with E-state index in [9.17, 15) is 4.79 Å². The minimum atomic E-state index is -0.253. The van der Waals surface area contributed by atoms with Crippen LogP contribution in [-0.2, 0) is 0 Å². The Hall–Kier alpha value is -1.97. The number of rotatable bonds is 4. The van der Waals surface area contributed by atoms with E-state index in [1.165, 1.54) is 0 Å². The van der Waals surface area contributed by atoms with Gasteiger partial charge in [0.05, 0.1) is 7.11 Å². The summed E-state index contributed by atoms with van der Waals surface area (Å²) in [6, 6.07) is 6.92. The molecule has 0 aliphatic carbocycles. The van der Waals surface area contributed by atoms with Gasteiger partial charge in [0.2, 0.25) is 0 Å². The van der Waals surface area contributed by atoms with Crippen LogP contribution in [-0.4, -0.2) is 19.7 Å². The summed E-state index contributed by atoms with van der Waals surface area (Å²) in [6.07, 6.45) is 0. The Labute approximate surface area is 95.3 Å². The first-order valence-electron chi connectivity index (χ1n) is 4.95. The third-order valence-electron chi connectivity index (χ3n) is 1.88. The zero-order chi connectivity index (χ0) is 12.0. The molecule has 4 nitrogen and oxygen atoms in total. The van der Waals surface area contributed by atoms with E-state index in [1.54, 1.807) is 19.2 Å². The molecule has 1 rings (SSSR count). The maximum atomic E-state index is 11.4. The lowest BCUT2D eigenvalue weighted by Gasteiger charge is -2.08. The van der Waals surface area contributed by atoms with Crippen molar-refractivity contribution in [1.82, 2.24) is 5.32 Å². The van der Waals surface area contributed by atoms with Gasteiger partial charge in [-0.05, 0) is 19.1 Å². The summed E-state index contributed by atoms with van der Waals surface area (Å²) in [5, 5.41) is 5.38. The summed E-state index contributed by atoms with van der Waals surface area (Å²) in [5.74, 6) is 0.706. The maximum Gasteiger partial charge on any atom is 0.319 e. The highest BCUT2D eigenvalue weighted by Crippen LogP contribution is 2.16. The van der Waals surface area contributed by atoms with E-state index >= 15 is 0 Å². The first-order chi connectivity index (χ1) is 7.61. The average molecular weight is 220 g/mol. The topological polar surface area (TPSA) is 50.4 Å². The van der Waals surface area contributed by atoms with Gasteiger partial charge in [-0.2, -0.15) is 0 Å². The van der Waals surface area contributed by atoms with Crippen molar-refractivity contribution in [2.24, 2.45) is 0 Å². The van der Waals surface area contributed by atoms with Crippen molar-refractivity contribution >= 4 is 11.7 Å².